The maximum absolute atomic E-state index is 12.8. The Morgan fingerprint density at radius 1 is 1.23 bits per heavy atom. The molecule has 3 atom stereocenters. The molecule has 0 radical (unpaired) electrons. The van der Waals surface area contributed by atoms with Crippen LogP contribution in [0.15, 0.2) is 17.6 Å². The van der Waals surface area contributed by atoms with Crippen molar-refractivity contribution in [3.8, 4) is 0 Å². The third kappa shape index (κ3) is 3.21. The molecular weight excluding hydrogens is 364 g/mol. The molecule has 1 amide bonds. The molecule has 7 heteroatoms. The fourth-order valence-corrected chi connectivity index (χ4v) is 6.34. The van der Waals surface area contributed by atoms with Gasteiger partial charge >= 0.3 is 0 Å². The van der Waals surface area contributed by atoms with E-state index in [4.69, 9.17) is 0 Å². The number of amides is 1. The summed E-state index contributed by atoms with van der Waals surface area (Å²) in [5.74, 6) is 3.08. The molecule has 0 aliphatic carbocycles. The number of fused-ring (bicyclic) bond motifs is 3. The lowest BCUT2D eigenvalue weighted by Gasteiger charge is -2.30. The Labute approximate surface area is 162 Å². The van der Waals surface area contributed by atoms with Gasteiger partial charge in [0.2, 0.25) is 0 Å². The van der Waals surface area contributed by atoms with E-state index in [0.29, 0.717) is 5.69 Å². The second-order valence-electron chi connectivity index (χ2n) is 7.61. The van der Waals surface area contributed by atoms with Crippen molar-refractivity contribution >= 4 is 44.8 Å². The van der Waals surface area contributed by atoms with Gasteiger partial charge in [0.05, 0.1) is 10.4 Å². The first-order valence-electron chi connectivity index (χ1n) is 9.49. The Kier molecular flexibility index (Phi) is 4.54. The summed E-state index contributed by atoms with van der Waals surface area (Å²) in [5, 5.41) is 6.63. The van der Waals surface area contributed by atoms with Gasteiger partial charge in [0.1, 0.15) is 5.69 Å². The van der Waals surface area contributed by atoms with Crippen LogP contribution in [0.1, 0.15) is 23.3 Å². The van der Waals surface area contributed by atoms with Crippen LogP contribution in [-0.4, -0.2) is 66.1 Å². The molecule has 2 bridgehead atoms. The molecule has 2 aromatic heterocycles. The van der Waals surface area contributed by atoms with Crippen molar-refractivity contribution in [3.63, 3.8) is 0 Å². The number of carbonyl (C=O) groups is 1. The predicted molar refractivity (Wildman–Crippen MR) is 110 cm³/mol. The normalized spacial score (nSPS) is 28.5. The van der Waals surface area contributed by atoms with Gasteiger partial charge in [-0.2, -0.15) is 11.8 Å². The Bertz CT molecular complexity index is 805. The summed E-state index contributed by atoms with van der Waals surface area (Å²) in [5.41, 5.74) is 1.82. The smallest absolute Gasteiger partial charge is 0.270 e. The molecule has 3 unspecified atom stereocenters. The highest BCUT2D eigenvalue weighted by molar-refractivity contribution is 7.99. The highest BCUT2D eigenvalue weighted by Gasteiger charge is 2.33. The van der Waals surface area contributed by atoms with Crippen molar-refractivity contribution in [2.75, 3.05) is 49.1 Å². The van der Waals surface area contributed by atoms with E-state index in [1.54, 1.807) is 11.3 Å². The number of aromatic nitrogens is 1. The predicted octanol–water partition coefficient (Wildman–Crippen LogP) is 2.67. The van der Waals surface area contributed by atoms with Gasteiger partial charge in [0, 0.05) is 60.7 Å². The Hall–Kier alpha value is -1.31. The number of thiophene rings is 1. The zero-order valence-corrected chi connectivity index (χ0v) is 16.5. The number of hydrogen-bond acceptors (Lipinski definition) is 6. The molecule has 2 aromatic rings. The number of pyridine rings is 1. The maximum Gasteiger partial charge on any atom is 0.270 e. The van der Waals surface area contributed by atoms with Crippen LogP contribution >= 0.6 is 23.1 Å². The Morgan fingerprint density at radius 3 is 2.96 bits per heavy atom. The van der Waals surface area contributed by atoms with Crippen LogP contribution in [0.2, 0.25) is 0 Å². The Balaban J connectivity index is 1.35. The summed E-state index contributed by atoms with van der Waals surface area (Å²) in [4.78, 5) is 22.2. The molecule has 3 saturated heterocycles. The molecule has 138 valence electrons. The van der Waals surface area contributed by atoms with Gasteiger partial charge in [0.15, 0.2) is 0 Å². The third-order valence-corrected chi connectivity index (χ3v) is 7.69. The van der Waals surface area contributed by atoms with Crippen molar-refractivity contribution in [2.24, 2.45) is 5.92 Å². The number of piperidine rings is 1. The fraction of sp³-hybridized carbons (Fsp3) is 0.579. The first kappa shape index (κ1) is 16.8. The SMILES string of the molecule is O=C(NC1CC2CCN(C2)C1)c1cc2c(N3CCSCC3)csc2cn1. The van der Waals surface area contributed by atoms with Gasteiger partial charge in [-0.15, -0.1) is 11.3 Å². The minimum Gasteiger partial charge on any atom is -0.369 e. The zero-order valence-electron chi connectivity index (χ0n) is 14.8. The zero-order chi connectivity index (χ0) is 17.5. The van der Waals surface area contributed by atoms with Crippen LogP contribution in [0.4, 0.5) is 5.69 Å². The van der Waals surface area contributed by atoms with Crippen LogP contribution in [0.25, 0.3) is 10.1 Å². The molecule has 5 nitrogen and oxygen atoms in total. The number of thioether (sulfide) groups is 1. The monoisotopic (exact) mass is 388 g/mol. The van der Waals surface area contributed by atoms with Gasteiger partial charge < -0.3 is 15.1 Å². The molecule has 0 aromatic carbocycles. The molecule has 0 saturated carbocycles. The summed E-state index contributed by atoms with van der Waals surface area (Å²) >= 11 is 3.74. The average molecular weight is 389 g/mol. The third-order valence-electron chi connectivity index (χ3n) is 5.83. The van der Waals surface area contributed by atoms with Crippen molar-refractivity contribution in [1.82, 2.24) is 15.2 Å². The molecule has 3 fully saturated rings. The van der Waals surface area contributed by atoms with Crippen LogP contribution in [0.3, 0.4) is 0 Å². The molecular formula is C19H24N4OS2. The number of carbonyl (C=O) groups excluding carboxylic acids is 1. The maximum atomic E-state index is 12.8. The lowest BCUT2D eigenvalue weighted by Crippen LogP contribution is -2.47. The first-order chi connectivity index (χ1) is 12.8. The summed E-state index contributed by atoms with van der Waals surface area (Å²) in [6, 6.07) is 2.26. The van der Waals surface area contributed by atoms with E-state index in [9.17, 15) is 4.79 Å². The summed E-state index contributed by atoms with van der Waals surface area (Å²) in [6.45, 7) is 5.55. The van der Waals surface area contributed by atoms with Gasteiger partial charge in [-0.3, -0.25) is 4.79 Å². The second-order valence-corrected chi connectivity index (χ2v) is 9.74. The molecule has 3 aliphatic rings. The van der Waals surface area contributed by atoms with Crippen LogP contribution in [0, 0.1) is 5.92 Å². The fourth-order valence-electron chi connectivity index (χ4n) is 4.52. The second kappa shape index (κ2) is 7.02. The molecule has 3 aliphatic heterocycles. The molecule has 5 rings (SSSR count). The van der Waals surface area contributed by atoms with Crippen LogP contribution in [-0.2, 0) is 0 Å². The van der Waals surface area contributed by atoms with E-state index in [1.807, 2.05) is 24.0 Å². The number of hydrogen-bond donors (Lipinski definition) is 1. The summed E-state index contributed by atoms with van der Waals surface area (Å²) < 4.78 is 1.16. The molecule has 26 heavy (non-hydrogen) atoms. The van der Waals surface area contributed by atoms with E-state index in [1.165, 1.54) is 42.1 Å². The molecule has 1 N–H and O–H groups in total. The highest BCUT2D eigenvalue weighted by Crippen LogP contribution is 2.34. The Morgan fingerprint density at radius 2 is 2.12 bits per heavy atom. The van der Waals surface area contributed by atoms with Crippen LogP contribution < -0.4 is 10.2 Å². The average Bonchev–Trinajstić information content (AvgIpc) is 3.24. The highest BCUT2D eigenvalue weighted by atomic mass is 32.2. The van der Waals surface area contributed by atoms with E-state index >= 15 is 0 Å². The van der Waals surface area contributed by atoms with Crippen molar-refractivity contribution in [2.45, 2.75) is 18.9 Å². The quantitative estimate of drug-likeness (QED) is 0.876. The van der Waals surface area contributed by atoms with Crippen molar-refractivity contribution in [3.05, 3.63) is 23.3 Å². The summed E-state index contributed by atoms with van der Waals surface area (Å²) in [7, 11) is 0. The molecule has 0 spiro atoms. The number of rotatable bonds is 3. The van der Waals surface area contributed by atoms with Gasteiger partial charge in [-0.05, 0) is 31.4 Å². The minimum atomic E-state index is -0.0225. The van der Waals surface area contributed by atoms with E-state index < -0.39 is 0 Å². The van der Waals surface area contributed by atoms with E-state index in [0.717, 1.165) is 36.7 Å². The largest absolute Gasteiger partial charge is 0.369 e. The van der Waals surface area contributed by atoms with Crippen molar-refractivity contribution in [1.29, 1.82) is 0 Å². The number of nitrogens with zero attached hydrogens (tertiary/aromatic N) is 3. The van der Waals surface area contributed by atoms with E-state index in [2.05, 4.69) is 25.5 Å². The standard InChI is InChI=1S/C19H24N4OS2/c24-19(21-14-7-13-1-2-22(10-13)11-14)16-8-15-17(12-26-18(15)9-20-16)23-3-5-25-6-4-23/h8-9,12-14H,1-7,10-11H2,(H,21,24). The minimum absolute atomic E-state index is 0.0225. The van der Waals surface area contributed by atoms with Crippen molar-refractivity contribution < 1.29 is 4.79 Å². The van der Waals surface area contributed by atoms with Crippen LogP contribution in [0.5, 0.6) is 0 Å². The first-order valence-corrected chi connectivity index (χ1v) is 11.5. The van der Waals surface area contributed by atoms with Gasteiger partial charge in [0.25, 0.3) is 5.91 Å². The topological polar surface area (TPSA) is 48.5 Å². The lowest BCUT2D eigenvalue weighted by molar-refractivity contribution is 0.0904. The summed E-state index contributed by atoms with van der Waals surface area (Å²) in [6.07, 6.45) is 4.26. The lowest BCUT2D eigenvalue weighted by atomic mass is 9.97. The van der Waals surface area contributed by atoms with Gasteiger partial charge in [-0.25, -0.2) is 4.98 Å². The number of anilines is 1. The number of nitrogens with one attached hydrogen (secondary N) is 1. The van der Waals surface area contributed by atoms with Gasteiger partial charge in [-0.1, -0.05) is 0 Å². The molecule has 5 heterocycles. The van der Waals surface area contributed by atoms with E-state index in [-0.39, 0.29) is 11.9 Å².